The molecule has 2 rings (SSSR count). The zero-order valence-electron chi connectivity index (χ0n) is 12.4. The Labute approximate surface area is 133 Å². The van der Waals surface area contributed by atoms with Crippen molar-refractivity contribution in [2.45, 2.75) is 32.9 Å². The Kier molecular flexibility index (Phi) is 5.07. The summed E-state index contributed by atoms with van der Waals surface area (Å²) in [5.74, 6) is 1.21. The van der Waals surface area contributed by atoms with E-state index in [0.717, 1.165) is 10.3 Å². The summed E-state index contributed by atoms with van der Waals surface area (Å²) < 4.78 is 6.67. The number of aromatic nitrogens is 1. The van der Waals surface area contributed by atoms with Crippen LogP contribution in [0.5, 0.6) is 5.88 Å². The highest BCUT2D eigenvalue weighted by molar-refractivity contribution is 9.10. The Bertz CT molecular complexity index is 616. The number of nitrogen functional groups attached to an aromatic ring is 1. The van der Waals surface area contributed by atoms with Gasteiger partial charge in [-0.3, -0.25) is 0 Å². The van der Waals surface area contributed by atoms with Crippen molar-refractivity contribution in [2.75, 3.05) is 11.1 Å². The van der Waals surface area contributed by atoms with Gasteiger partial charge in [-0.2, -0.15) is 4.98 Å². The molecule has 0 saturated heterocycles. The minimum absolute atomic E-state index is 0.0394. The Morgan fingerprint density at radius 3 is 2.62 bits per heavy atom. The first-order chi connectivity index (χ1) is 9.95. The second-order valence-electron chi connectivity index (χ2n) is 5.18. The van der Waals surface area contributed by atoms with Crippen molar-refractivity contribution < 1.29 is 4.74 Å². The second kappa shape index (κ2) is 6.80. The van der Waals surface area contributed by atoms with Gasteiger partial charge < -0.3 is 15.8 Å². The summed E-state index contributed by atoms with van der Waals surface area (Å²) in [5, 5.41) is 3.36. The van der Waals surface area contributed by atoms with Crippen LogP contribution in [-0.4, -0.2) is 11.1 Å². The Morgan fingerprint density at radius 1 is 1.19 bits per heavy atom. The van der Waals surface area contributed by atoms with E-state index in [1.54, 1.807) is 6.07 Å². The molecule has 0 spiro atoms. The molecule has 112 valence electrons. The fourth-order valence-corrected chi connectivity index (χ4v) is 2.35. The van der Waals surface area contributed by atoms with Crippen LogP contribution in [0, 0.1) is 0 Å². The van der Waals surface area contributed by atoms with Gasteiger partial charge in [-0.05, 0) is 50.6 Å². The van der Waals surface area contributed by atoms with Gasteiger partial charge in [0.05, 0.1) is 11.8 Å². The molecule has 0 radical (unpaired) electrons. The standard InChI is InChI=1S/C16H20BrN3O/c1-10(2)21-16-14(18)7-8-15(20-16)19-11(3)12-5-4-6-13(17)9-12/h4-11H,18H2,1-3H3,(H,19,20). The first-order valence-electron chi connectivity index (χ1n) is 6.91. The van der Waals surface area contributed by atoms with Gasteiger partial charge in [0.2, 0.25) is 5.88 Å². The first-order valence-corrected chi connectivity index (χ1v) is 7.70. The number of nitrogens with zero attached hydrogens (tertiary/aromatic N) is 1. The van der Waals surface area contributed by atoms with E-state index in [4.69, 9.17) is 10.5 Å². The number of pyridine rings is 1. The summed E-state index contributed by atoms with van der Waals surface area (Å²) in [6.45, 7) is 5.99. The van der Waals surface area contributed by atoms with Crippen LogP contribution < -0.4 is 15.8 Å². The highest BCUT2D eigenvalue weighted by atomic mass is 79.9. The van der Waals surface area contributed by atoms with E-state index in [0.29, 0.717) is 11.6 Å². The van der Waals surface area contributed by atoms with E-state index in [1.807, 2.05) is 32.0 Å². The molecule has 1 aromatic heterocycles. The molecule has 1 atom stereocenters. The first kappa shape index (κ1) is 15.6. The SMILES string of the molecule is CC(C)Oc1nc(NC(C)c2cccc(Br)c2)ccc1N. The van der Waals surface area contributed by atoms with Crippen LogP contribution in [0.2, 0.25) is 0 Å². The molecule has 0 bridgehead atoms. The quantitative estimate of drug-likeness (QED) is 0.840. The third-order valence-electron chi connectivity index (χ3n) is 2.95. The normalized spacial score (nSPS) is 12.2. The number of benzene rings is 1. The number of halogens is 1. The van der Waals surface area contributed by atoms with Gasteiger partial charge in [-0.15, -0.1) is 0 Å². The summed E-state index contributed by atoms with van der Waals surface area (Å²) in [4.78, 5) is 4.43. The molecular formula is C16H20BrN3O. The number of nitrogens with one attached hydrogen (secondary N) is 1. The largest absolute Gasteiger partial charge is 0.473 e. The van der Waals surface area contributed by atoms with E-state index < -0.39 is 0 Å². The van der Waals surface area contributed by atoms with E-state index >= 15 is 0 Å². The smallest absolute Gasteiger partial charge is 0.239 e. The maximum atomic E-state index is 5.88. The van der Waals surface area contributed by atoms with Crippen molar-refractivity contribution in [3.63, 3.8) is 0 Å². The molecule has 1 heterocycles. The Morgan fingerprint density at radius 2 is 1.95 bits per heavy atom. The summed E-state index contributed by atoms with van der Waals surface area (Å²) in [6.07, 6.45) is 0.0394. The third kappa shape index (κ3) is 4.36. The van der Waals surface area contributed by atoms with E-state index in [9.17, 15) is 0 Å². The highest BCUT2D eigenvalue weighted by Gasteiger charge is 2.10. The second-order valence-corrected chi connectivity index (χ2v) is 6.09. The van der Waals surface area contributed by atoms with Gasteiger partial charge in [0, 0.05) is 10.5 Å². The minimum Gasteiger partial charge on any atom is -0.473 e. The zero-order valence-corrected chi connectivity index (χ0v) is 14.0. The van der Waals surface area contributed by atoms with E-state index in [-0.39, 0.29) is 12.1 Å². The fraction of sp³-hybridized carbons (Fsp3) is 0.312. The number of hydrogen-bond acceptors (Lipinski definition) is 4. The van der Waals surface area contributed by atoms with Gasteiger partial charge in [0.25, 0.3) is 0 Å². The van der Waals surface area contributed by atoms with Crippen molar-refractivity contribution in [1.82, 2.24) is 4.98 Å². The molecule has 0 aliphatic rings. The molecule has 0 aliphatic heterocycles. The van der Waals surface area contributed by atoms with Crippen LogP contribution in [0.4, 0.5) is 11.5 Å². The predicted octanol–water partition coefficient (Wildman–Crippen LogP) is 4.39. The maximum absolute atomic E-state index is 5.88. The van der Waals surface area contributed by atoms with Crippen LogP contribution in [0.3, 0.4) is 0 Å². The molecule has 0 fully saturated rings. The lowest BCUT2D eigenvalue weighted by atomic mass is 10.1. The molecule has 0 amide bonds. The number of ether oxygens (including phenoxy) is 1. The van der Waals surface area contributed by atoms with Gasteiger partial charge >= 0.3 is 0 Å². The van der Waals surface area contributed by atoms with E-state index in [2.05, 4.69) is 45.3 Å². The fourth-order valence-electron chi connectivity index (χ4n) is 1.93. The Hall–Kier alpha value is -1.75. The summed E-state index contributed by atoms with van der Waals surface area (Å²) in [5.41, 5.74) is 7.60. The lowest BCUT2D eigenvalue weighted by Gasteiger charge is -2.17. The molecule has 1 aromatic carbocycles. The molecule has 1 unspecified atom stereocenters. The summed E-state index contributed by atoms with van der Waals surface area (Å²) in [7, 11) is 0. The van der Waals surface area contributed by atoms with Crippen molar-refractivity contribution in [3.8, 4) is 5.88 Å². The lowest BCUT2D eigenvalue weighted by Crippen LogP contribution is -2.12. The average Bonchev–Trinajstić information content (AvgIpc) is 2.42. The van der Waals surface area contributed by atoms with E-state index in [1.165, 1.54) is 5.56 Å². The third-order valence-corrected chi connectivity index (χ3v) is 3.44. The summed E-state index contributed by atoms with van der Waals surface area (Å²) in [6, 6.07) is 12.0. The topological polar surface area (TPSA) is 60.2 Å². The molecule has 0 aliphatic carbocycles. The predicted molar refractivity (Wildman–Crippen MR) is 90.6 cm³/mol. The van der Waals surface area contributed by atoms with Crippen LogP contribution in [0.25, 0.3) is 0 Å². The lowest BCUT2D eigenvalue weighted by molar-refractivity contribution is 0.234. The molecule has 0 saturated carbocycles. The minimum atomic E-state index is 0.0394. The van der Waals surface area contributed by atoms with Gasteiger partial charge in [-0.25, -0.2) is 0 Å². The molecule has 5 heteroatoms. The molecule has 4 nitrogen and oxygen atoms in total. The average molecular weight is 350 g/mol. The molecule has 21 heavy (non-hydrogen) atoms. The maximum Gasteiger partial charge on any atom is 0.239 e. The monoisotopic (exact) mass is 349 g/mol. The summed E-state index contributed by atoms with van der Waals surface area (Å²) >= 11 is 3.48. The van der Waals surface area contributed by atoms with Crippen LogP contribution in [-0.2, 0) is 0 Å². The highest BCUT2D eigenvalue weighted by Crippen LogP contribution is 2.25. The zero-order chi connectivity index (χ0) is 15.4. The van der Waals surface area contributed by atoms with Crippen molar-refractivity contribution in [3.05, 3.63) is 46.4 Å². The van der Waals surface area contributed by atoms with Gasteiger partial charge in [0.15, 0.2) is 0 Å². The van der Waals surface area contributed by atoms with Crippen molar-refractivity contribution in [2.24, 2.45) is 0 Å². The van der Waals surface area contributed by atoms with Crippen LogP contribution in [0.15, 0.2) is 40.9 Å². The molecule has 3 N–H and O–H groups in total. The van der Waals surface area contributed by atoms with Crippen LogP contribution in [0.1, 0.15) is 32.4 Å². The number of anilines is 2. The van der Waals surface area contributed by atoms with Gasteiger partial charge in [-0.1, -0.05) is 28.1 Å². The van der Waals surface area contributed by atoms with Crippen LogP contribution >= 0.6 is 15.9 Å². The van der Waals surface area contributed by atoms with Crippen molar-refractivity contribution >= 4 is 27.4 Å². The number of hydrogen-bond donors (Lipinski definition) is 2. The number of rotatable bonds is 5. The number of nitrogens with two attached hydrogens (primary N) is 1. The molecular weight excluding hydrogens is 330 g/mol. The van der Waals surface area contributed by atoms with Gasteiger partial charge in [0.1, 0.15) is 5.82 Å². The van der Waals surface area contributed by atoms with Crippen molar-refractivity contribution in [1.29, 1.82) is 0 Å². The Balaban J connectivity index is 2.15. The molecule has 2 aromatic rings.